The number of amides is 2. The molecular formula is C12H10N2O4. The van der Waals surface area contributed by atoms with E-state index in [1.54, 1.807) is 12.1 Å². The summed E-state index contributed by atoms with van der Waals surface area (Å²) in [6.45, 7) is 3.58. The molecule has 1 aliphatic heterocycles. The first-order valence-corrected chi connectivity index (χ1v) is 5.29. The first-order chi connectivity index (χ1) is 8.42. The van der Waals surface area contributed by atoms with Crippen LogP contribution >= 0.6 is 0 Å². The standard InChI is InChI=1S/C12H10N2O4/c1-2-6-3-4-8-7(5-6)9(15)12(18)11(8,17)13-10(16)14-12/h2-5,17-18H,1H2,(H2,13,14,16). The average molecular weight is 246 g/mol. The van der Waals surface area contributed by atoms with E-state index in [4.69, 9.17) is 0 Å². The lowest BCUT2D eigenvalue weighted by molar-refractivity contribution is -0.122. The van der Waals surface area contributed by atoms with Gasteiger partial charge in [-0.3, -0.25) is 10.1 Å². The second-order valence-corrected chi connectivity index (χ2v) is 4.34. The quantitative estimate of drug-likeness (QED) is 0.545. The number of aliphatic hydroxyl groups is 2. The summed E-state index contributed by atoms with van der Waals surface area (Å²) >= 11 is 0. The molecule has 0 spiro atoms. The number of hydrogen-bond acceptors (Lipinski definition) is 4. The number of benzene rings is 1. The molecule has 0 radical (unpaired) electrons. The summed E-state index contributed by atoms with van der Waals surface area (Å²) in [5.74, 6) is -0.748. The maximum Gasteiger partial charge on any atom is 0.320 e. The van der Waals surface area contributed by atoms with E-state index in [1.165, 1.54) is 12.1 Å². The second kappa shape index (κ2) is 2.98. The van der Waals surface area contributed by atoms with Crippen LogP contribution in [0.15, 0.2) is 24.8 Å². The zero-order valence-electron chi connectivity index (χ0n) is 9.23. The molecule has 18 heavy (non-hydrogen) atoms. The van der Waals surface area contributed by atoms with Gasteiger partial charge in [0, 0.05) is 11.1 Å². The third-order valence-corrected chi connectivity index (χ3v) is 3.35. The van der Waals surface area contributed by atoms with Gasteiger partial charge in [0.15, 0.2) is 0 Å². The second-order valence-electron chi connectivity index (χ2n) is 4.34. The van der Waals surface area contributed by atoms with Gasteiger partial charge < -0.3 is 15.5 Å². The van der Waals surface area contributed by atoms with Crippen molar-refractivity contribution < 1.29 is 19.8 Å². The van der Waals surface area contributed by atoms with Crippen LogP contribution < -0.4 is 10.6 Å². The Bertz CT molecular complexity index is 612. The van der Waals surface area contributed by atoms with Crippen molar-refractivity contribution in [1.29, 1.82) is 0 Å². The fraction of sp³-hybridized carbons (Fsp3) is 0.167. The van der Waals surface area contributed by atoms with Gasteiger partial charge in [0.1, 0.15) is 0 Å². The molecule has 2 amide bonds. The maximum absolute atomic E-state index is 12.1. The zero-order valence-corrected chi connectivity index (χ0v) is 9.23. The highest BCUT2D eigenvalue weighted by atomic mass is 16.4. The normalized spacial score (nSPS) is 32.6. The fourth-order valence-corrected chi connectivity index (χ4v) is 2.41. The predicted molar refractivity (Wildman–Crippen MR) is 61.4 cm³/mol. The number of hydrogen-bond donors (Lipinski definition) is 4. The Morgan fingerprint density at radius 2 is 1.83 bits per heavy atom. The minimum absolute atomic E-state index is 0.157. The van der Waals surface area contributed by atoms with Crippen LogP contribution in [-0.2, 0) is 5.72 Å². The van der Waals surface area contributed by atoms with E-state index in [0.29, 0.717) is 5.56 Å². The number of carbonyl (C=O) groups excluding carboxylic acids is 2. The number of carbonyl (C=O) groups is 2. The largest absolute Gasteiger partial charge is 0.363 e. The summed E-state index contributed by atoms with van der Waals surface area (Å²) in [6.07, 6.45) is 1.54. The lowest BCUT2D eigenvalue weighted by Gasteiger charge is -2.27. The van der Waals surface area contributed by atoms with Crippen LogP contribution in [0.4, 0.5) is 4.79 Å². The van der Waals surface area contributed by atoms with Crippen molar-refractivity contribution in [2.24, 2.45) is 0 Å². The molecule has 0 bridgehead atoms. The van der Waals surface area contributed by atoms with Crippen molar-refractivity contribution in [1.82, 2.24) is 10.6 Å². The minimum Gasteiger partial charge on any atom is -0.363 e. The Balaban J connectivity index is 2.28. The Hall–Kier alpha value is -2.18. The van der Waals surface area contributed by atoms with Crippen molar-refractivity contribution in [3.63, 3.8) is 0 Å². The SMILES string of the molecule is C=Cc1ccc2c(c1)C(=O)C1(O)NC(=O)NC21O. The summed E-state index contributed by atoms with van der Waals surface area (Å²) in [7, 11) is 0. The molecule has 0 saturated carbocycles. The van der Waals surface area contributed by atoms with E-state index in [1.807, 2.05) is 5.32 Å². The van der Waals surface area contributed by atoms with E-state index in [0.717, 1.165) is 0 Å². The van der Waals surface area contributed by atoms with Crippen molar-refractivity contribution in [2.45, 2.75) is 11.4 Å². The summed E-state index contributed by atoms with van der Waals surface area (Å²) in [4.78, 5) is 23.4. The summed E-state index contributed by atoms with van der Waals surface area (Å²) in [6, 6.07) is 3.82. The predicted octanol–water partition coefficient (Wildman–Crippen LogP) is -0.328. The van der Waals surface area contributed by atoms with Crippen molar-refractivity contribution in [2.75, 3.05) is 0 Å². The van der Waals surface area contributed by atoms with Crippen LogP contribution in [0.2, 0.25) is 0 Å². The number of fused-ring (bicyclic) bond motifs is 3. The molecule has 1 aromatic rings. The van der Waals surface area contributed by atoms with Gasteiger partial charge in [0.05, 0.1) is 0 Å². The van der Waals surface area contributed by atoms with Crippen LogP contribution in [0, 0.1) is 0 Å². The highest BCUT2D eigenvalue weighted by molar-refractivity contribution is 6.11. The molecule has 1 aromatic carbocycles. The Morgan fingerprint density at radius 3 is 2.50 bits per heavy atom. The van der Waals surface area contributed by atoms with Crippen LogP contribution in [0.5, 0.6) is 0 Å². The highest BCUT2D eigenvalue weighted by Gasteiger charge is 2.68. The molecule has 1 aliphatic carbocycles. The van der Waals surface area contributed by atoms with Gasteiger partial charge in [-0.15, -0.1) is 0 Å². The lowest BCUT2D eigenvalue weighted by Crippen LogP contribution is -2.58. The monoisotopic (exact) mass is 246 g/mol. The molecule has 6 heteroatoms. The Kier molecular flexibility index (Phi) is 1.81. The van der Waals surface area contributed by atoms with E-state index < -0.39 is 23.3 Å². The zero-order chi connectivity index (χ0) is 13.1. The van der Waals surface area contributed by atoms with E-state index in [9.17, 15) is 19.8 Å². The van der Waals surface area contributed by atoms with Gasteiger partial charge in [-0.25, -0.2) is 4.79 Å². The van der Waals surface area contributed by atoms with E-state index in [-0.39, 0.29) is 11.1 Å². The smallest absolute Gasteiger partial charge is 0.320 e. The van der Waals surface area contributed by atoms with Gasteiger partial charge >= 0.3 is 6.03 Å². The molecule has 92 valence electrons. The summed E-state index contributed by atoms with van der Waals surface area (Å²) in [5.41, 5.74) is -3.48. The molecule has 4 N–H and O–H groups in total. The van der Waals surface area contributed by atoms with Crippen LogP contribution in [0.1, 0.15) is 21.5 Å². The Morgan fingerprint density at radius 1 is 1.17 bits per heavy atom. The van der Waals surface area contributed by atoms with Gasteiger partial charge in [-0.05, 0) is 11.6 Å². The molecule has 2 unspecified atom stereocenters. The molecule has 2 atom stereocenters. The lowest BCUT2D eigenvalue weighted by atomic mass is 10.0. The van der Waals surface area contributed by atoms with Crippen LogP contribution in [0.3, 0.4) is 0 Å². The number of urea groups is 1. The Labute approximate surface area is 102 Å². The molecule has 6 nitrogen and oxygen atoms in total. The topological polar surface area (TPSA) is 98.7 Å². The number of rotatable bonds is 1. The van der Waals surface area contributed by atoms with Crippen LogP contribution in [-0.4, -0.2) is 27.8 Å². The number of ketones is 1. The van der Waals surface area contributed by atoms with Crippen molar-refractivity contribution >= 4 is 17.9 Å². The molecule has 1 heterocycles. The summed E-state index contributed by atoms with van der Waals surface area (Å²) < 4.78 is 0. The third-order valence-electron chi connectivity index (χ3n) is 3.35. The molecular weight excluding hydrogens is 236 g/mol. The van der Waals surface area contributed by atoms with Gasteiger partial charge in [0.25, 0.3) is 5.72 Å². The number of nitrogens with one attached hydrogen (secondary N) is 2. The maximum atomic E-state index is 12.1. The average Bonchev–Trinajstić information content (AvgIpc) is 2.66. The minimum atomic E-state index is -2.35. The highest BCUT2D eigenvalue weighted by Crippen LogP contribution is 2.43. The third kappa shape index (κ3) is 0.993. The first-order valence-electron chi connectivity index (χ1n) is 5.29. The van der Waals surface area contributed by atoms with E-state index in [2.05, 4.69) is 11.9 Å². The molecule has 1 fully saturated rings. The number of Topliss-reactive ketones (excluding diaryl/α,β-unsaturated/α-hetero) is 1. The van der Waals surface area contributed by atoms with Gasteiger partial charge in [-0.1, -0.05) is 24.8 Å². The molecule has 2 aliphatic rings. The first kappa shape index (κ1) is 10.9. The van der Waals surface area contributed by atoms with Crippen molar-refractivity contribution in [3.05, 3.63) is 41.5 Å². The summed E-state index contributed by atoms with van der Waals surface area (Å²) in [5, 5.41) is 24.8. The molecule has 1 saturated heterocycles. The van der Waals surface area contributed by atoms with E-state index >= 15 is 0 Å². The van der Waals surface area contributed by atoms with Crippen LogP contribution in [0.25, 0.3) is 6.08 Å². The fourth-order valence-electron chi connectivity index (χ4n) is 2.41. The van der Waals surface area contributed by atoms with Crippen molar-refractivity contribution in [3.8, 4) is 0 Å². The molecule has 0 aromatic heterocycles. The van der Waals surface area contributed by atoms with Gasteiger partial charge in [0.2, 0.25) is 11.5 Å². The molecule has 3 rings (SSSR count). The van der Waals surface area contributed by atoms with Gasteiger partial charge in [-0.2, -0.15) is 0 Å².